The summed E-state index contributed by atoms with van der Waals surface area (Å²) >= 11 is 1.16. The molecule has 1 aromatic carbocycles. The number of ether oxygens (including phenoxy) is 1. The summed E-state index contributed by atoms with van der Waals surface area (Å²) in [6.45, 7) is 3.14. The van der Waals surface area contributed by atoms with Gasteiger partial charge in [0.15, 0.2) is 11.7 Å². The van der Waals surface area contributed by atoms with Crippen molar-refractivity contribution in [2.45, 2.75) is 37.5 Å². The molecule has 1 rings (SSSR count). The summed E-state index contributed by atoms with van der Waals surface area (Å²) in [6, 6.07) is 10.3. The molecule has 1 amide bonds. The van der Waals surface area contributed by atoms with Gasteiger partial charge < -0.3 is 10.1 Å². The average Bonchev–Trinajstić information content (AvgIpc) is 2.66. The molecule has 0 aliphatic rings. The number of nitrogens with one attached hydrogen (secondary N) is 1. The van der Waals surface area contributed by atoms with E-state index in [9.17, 15) is 14.4 Å². The molecule has 1 N–H and O–H groups in total. The minimum absolute atomic E-state index is 0.0766. The van der Waals surface area contributed by atoms with Crippen molar-refractivity contribution in [3.8, 4) is 6.07 Å². The minimum Gasteiger partial charge on any atom is -0.449 e. The molecule has 0 fully saturated rings. The molecule has 7 heteroatoms. The van der Waals surface area contributed by atoms with E-state index in [1.165, 1.54) is 0 Å². The van der Waals surface area contributed by atoms with Gasteiger partial charge in [-0.25, -0.2) is 4.79 Å². The second-order valence-electron chi connectivity index (χ2n) is 5.40. The first-order chi connectivity index (χ1) is 12.6. The van der Waals surface area contributed by atoms with Crippen LogP contribution in [0, 0.1) is 11.3 Å². The predicted molar refractivity (Wildman–Crippen MR) is 99.9 cm³/mol. The second-order valence-corrected chi connectivity index (χ2v) is 6.43. The third-order valence-electron chi connectivity index (χ3n) is 3.35. The summed E-state index contributed by atoms with van der Waals surface area (Å²) in [6.07, 6.45) is 2.53. The van der Waals surface area contributed by atoms with Gasteiger partial charge in [-0.3, -0.25) is 9.59 Å². The first kappa shape index (κ1) is 21.5. The Morgan fingerprint density at radius 2 is 2.00 bits per heavy atom. The van der Waals surface area contributed by atoms with Crippen molar-refractivity contribution < 1.29 is 19.1 Å². The first-order valence-corrected chi connectivity index (χ1v) is 9.18. The lowest BCUT2D eigenvalue weighted by Crippen LogP contribution is -2.42. The molecule has 0 bridgehead atoms. The van der Waals surface area contributed by atoms with Crippen LogP contribution in [0.25, 0.3) is 0 Å². The van der Waals surface area contributed by atoms with Gasteiger partial charge in [-0.15, -0.1) is 6.58 Å². The zero-order valence-electron chi connectivity index (χ0n) is 14.5. The van der Waals surface area contributed by atoms with Gasteiger partial charge in [0, 0.05) is 18.6 Å². The molecule has 0 aliphatic heterocycles. The van der Waals surface area contributed by atoms with Crippen molar-refractivity contribution in [3.63, 3.8) is 0 Å². The summed E-state index contributed by atoms with van der Waals surface area (Å²) in [5, 5.41) is 11.0. The maximum absolute atomic E-state index is 12.0. The molecule has 26 heavy (non-hydrogen) atoms. The average molecular weight is 374 g/mol. The minimum atomic E-state index is -0.943. The van der Waals surface area contributed by atoms with E-state index in [1.54, 1.807) is 12.1 Å². The lowest BCUT2D eigenvalue weighted by atomic mass is 10.1. The third-order valence-corrected chi connectivity index (χ3v) is 4.36. The number of nitriles is 1. The number of carbonyl (C=O) groups excluding carboxylic acids is 3. The van der Waals surface area contributed by atoms with Gasteiger partial charge in [-0.1, -0.05) is 48.2 Å². The fraction of sp³-hybridized carbons (Fsp3) is 0.368. The van der Waals surface area contributed by atoms with Gasteiger partial charge in [-0.05, 0) is 18.4 Å². The van der Waals surface area contributed by atoms with Gasteiger partial charge in [0.1, 0.15) is 12.1 Å². The summed E-state index contributed by atoms with van der Waals surface area (Å²) < 4.78 is 4.77. The number of rotatable bonds is 11. The van der Waals surface area contributed by atoms with Crippen molar-refractivity contribution in [2.24, 2.45) is 0 Å². The van der Waals surface area contributed by atoms with Crippen LogP contribution in [-0.2, 0) is 24.9 Å². The quantitative estimate of drug-likeness (QED) is 0.473. The summed E-state index contributed by atoms with van der Waals surface area (Å²) in [5.74, 6) is -0.484. The number of amides is 1. The molecular weight excluding hydrogens is 352 g/mol. The number of benzene rings is 1. The molecule has 1 unspecified atom stereocenters. The van der Waals surface area contributed by atoms with Crippen LogP contribution in [0.3, 0.4) is 0 Å². The lowest BCUT2D eigenvalue weighted by Gasteiger charge is -2.16. The van der Waals surface area contributed by atoms with E-state index in [2.05, 4.69) is 11.9 Å². The molecule has 0 saturated heterocycles. The first-order valence-electron chi connectivity index (χ1n) is 8.20. The Labute approximate surface area is 157 Å². The maximum atomic E-state index is 12.0. The highest BCUT2D eigenvalue weighted by Gasteiger charge is 2.23. The maximum Gasteiger partial charge on any atom is 0.329 e. The van der Waals surface area contributed by atoms with Crippen molar-refractivity contribution in [1.29, 1.82) is 5.26 Å². The Hall–Kier alpha value is -2.59. The summed E-state index contributed by atoms with van der Waals surface area (Å²) in [4.78, 5) is 35.8. The number of hydrogen-bond acceptors (Lipinski definition) is 6. The number of esters is 1. The smallest absolute Gasteiger partial charge is 0.329 e. The van der Waals surface area contributed by atoms with E-state index in [4.69, 9.17) is 10.00 Å². The molecule has 0 aliphatic carbocycles. The molecule has 6 nitrogen and oxygen atoms in total. The molecule has 0 radical (unpaired) electrons. The van der Waals surface area contributed by atoms with Crippen LogP contribution >= 0.6 is 11.8 Å². The van der Waals surface area contributed by atoms with Gasteiger partial charge in [-0.2, -0.15) is 5.26 Å². The normalized spacial score (nSPS) is 11.0. The van der Waals surface area contributed by atoms with Crippen LogP contribution in [0.4, 0.5) is 0 Å². The third kappa shape index (κ3) is 9.04. The van der Waals surface area contributed by atoms with Crippen molar-refractivity contribution in [2.75, 3.05) is 6.61 Å². The lowest BCUT2D eigenvalue weighted by molar-refractivity contribution is -0.146. The zero-order chi connectivity index (χ0) is 19.2. The van der Waals surface area contributed by atoms with E-state index >= 15 is 0 Å². The van der Waals surface area contributed by atoms with Crippen LogP contribution in [0.5, 0.6) is 0 Å². The molecule has 1 atom stereocenters. The van der Waals surface area contributed by atoms with Crippen LogP contribution in [0.2, 0.25) is 0 Å². The Kier molecular flexibility index (Phi) is 10.5. The standard InChI is InChI=1S/C19H22N2O4S/c1-2-3-9-17(22)21-16(19(24)25-13-12-20)10-11-18(23)26-14-15-7-5-4-6-8-15/h2,4-8,16H,1,3,9-11,13-14H2,(H,21,22). The molecule has 0 aromatic heterocycles. The van der Waals surface area contributed by atoms with E-state index in [0.29, 0.717) is 12.2 Å². The van der Waals surface area contributed by atoms with E-state index < -0.39 is 18.6 Å². The highest BCUT2D eigenvalue weighted by Crippen LogP contribution is 2.16. The largest absolute Gasteiger partial charge is 0.449 e. The second kappa shape index (κ2) is 12.7. The van der Waals surface area contributed by atoms with E-state index in [0.717, 1.165) is 17.3 Å². The van der Waals surface area contributed by atoms with E-state index in [-0.39, 0.29) is 30.3 Å². The fourth-order valence-corrected chi connectivity index (χ4v) is 2.81. The highest BCUT2D eigenvalue weighted by atomic mass is 32.2. The van der Waals surface area contributed by atoms with Crippen LogP contribution < -0.4 is 5.32 Å². The summed E-state index contributed by atoms with van der Waals surface area (Å²) in [7, 11) is 0. The van der Waals surface area contributed by atoms with Crippen molar-refractivity contribution in [1.82, 2.24) is 5.32 Å². The van der Waals surface area contributed by atoms with Crippen LogP contribution in [0.15, 0.2) is 43.0 Å². The Balaban J connectivity index is 2.50. The molecule has 0 spiro atoms. The van der Waals surface area contributed by atoms with Crippen molar-refractivity contribution in [3.05, 3.63) is 48.6 Å². The Morgan fingerprint density at radius 1 is 1.27 bits per heavy atom. The highest BCUT2D eigenvalue weighted by molar-refractivity contribution is 8.12. The number of carbonyl (C=O) groups is 3. The monoisotopic (exact) mass is 374 g/mol. The zero-order valence-corrected chi connectivity index (χ0v) is 15.3. The van der Waals surface area contributed by atoms with Crippen LogP contribution in [0.1, 0.15) is 31.2 Å². The topological polar surface area (TPSA) is 96.3 Å². The molecule has 138 valence electrons. The van der Waals surface area contributed by atoms with Crippen molar-refractivity contribution >= 4 is 28.8 Å². The number of hydrogen-bond donors (Lipinski definition) is 1. The fourth-order valence-electron chi connectivity index (χ4n) is 2.03. The van der Waals surface area contributed by atoms with Crippen LogP contribution in [-0.4, -0.2) is 29.6 Å². The number of allylic oxidation sites excluding steroid dienone is 1. The number of nitrogens with zero attached hydrogens (tertiary/aromatic N) is 1. The van der Waals surface area contributed by atoms with Gasteiger partial charge in [0.2, 0.25) is 5.91 Å². The Morgan fingerprint density at radius 3 is 2.65 bits per heavy atom. The molecule has 1 aromatic rings. The SMILES string of the molecule is C=CCCC(=O)NC(CCC(=O)SCc1ccccc1)C(=O)OCC#N. The van der Waals surface area contributed by atoms with Gasteiger partial charge in [0.25, 0.3) is 0 Å². The van der Waals surface area contributed by atoms with Gasteiger partial charge >= 0.3 is 5.97 Å². The van der Waals surface area contributed by atoms with E-state index in [1.807, 2.05) is 30.3 Å². The molecule has 0 heterocycles. The number of thioether (sulfide) groups is 1. The molecule has 0 saturated carbocycles. The Bertz CT molecular complexity index is 655. The predicted octanol–water partition coefficient (Wildman–Crippen LogP) is 2.74. The van der Waals surface area contributed by atoms with Gasteiger partial charge in [0.05, 0.1) is 0 Å². The molecular formula is C19H22N2O4S. The summed E-state index contributed by atoms with van der Waals surface area (Å²) in [5.41, 5.74) is 1.04.